The van der Waals surface area contributed by atoms with E-state index >= 15 is 0 Å². The Labute approximate surface area is 476 Å². The maximum Gasteiger partial charge on any atom is 0.305 e. The van der Waals surface area contributed by atoms with Crippen LogP contribution >= 0.6 is 31.9 Å². The molecule has 2 saturated heterocycles. The van der Waals surface area contributed by atoms with Crippen LogP contribution in [-0.4, -0.2) is 79.5 Å². The minimum absolute atomic E-state index is 0.0815. The van der Waals surface area contributed by atoms with Crippen molar-refractivity contribution in [2.75, 3.05) is 49.2 Å². The smallest absolute Gasteiger partial charge is 0.305 e. The Kier molecular flexibility index (Phi) is 22.3. The fraction of sp³-hybridized carbons (Fsp3) is 0.484. The van der Waals surface area contributed by atoms with Crippen LogP contribution in [0.2, 0.25) is 0 Å². The quantitative estimate of drug-likeness (QED) is 0.0427. The fourth-order valence-corrected chi connectivity index (χ4v) is 12.4. The number of aliphatic hydroxyl groups excluding tert-OH is 1. The zero-order chi connectivity index (χ0) is 55.0. The zero-order valence-electron chi connectivity index (χ0n) is 47.5. The van der Waals surface area contributed by atoms with E-state index < -0.39 is 0 Å². The SMILES string of the molecule is CCCCC/C=C\C/C=C\C/C=C\C/C=C\CCCC(=O)OCC1CCN(c2nc(C)nc3c2c(C)cn3-c2c(C)cc(Br)cc2C)CC1.Cc1nc(N2CCC(CO)CC2)c2c(C)cn(-c3c(C)cc(Br)cc3C)c2n1. The van der Waals surface area contributed by atoms with Crippen LogP contribution < -0.4 is 9.80 Å². The molecule has 0 spiro atoms. The fourth-order valence-electron chi connectivity index (χ4n) is 11.0. The summed E-state index contributed by atoms with van der Waals surface area (Å²) >= 11 is 7.24. The molecule has 11 nitrogen and oxygen atoms in total. The Bertz CT molecular complexity index is 3010. The van der Waals surface area contributed by atoms with Gasteiger partial charge in [0.05, 0.1) is 28.8 Å². The first-order valence-electron chi connectivity index (χ1n) is 28.3. The number of ether oxygens (including phenoxy) is 1. The van der Waals surface area contributed by atoms with Gasteiger partial charge in [0.2, 0.25) is 0 Å². The maximum absolute atomic E-state index is 12.4. The lowest BCUT2D eigenvalue weighted by Crippen LogP contribution is -2.36. The summed E-state index contributed by atoms with van der Waals surface area (Å²) in [5.41, 5.74) is 11.5. The van der Waals surface area contributed by atoms with E-state index in [1.165, 1.54) is 70.4 Å². The lowest BCUT2D eigenvalue weighted by Gasteiger charge is -2.33. The highest BCUT2D eigenvalue weighted by Crippen LogP contribution is 2.37. The normalized spacial score (nSPS) is 14.9. The average Bonchev–Trinajstić information content (AvgIpc) is 3.96. The molecule has 0 atom stereocenters. The molecule has 13 heteroatoms. The molecule has 2 fully saturated rings. The maximum atomic E-state index is 12.4. The Morgan fingerprint density at radius 2 is 0.974 bits per heavy atom. The number of hydrogen-bond donors (Lipinski definition) is 1. The largest absolute Gasteiger partial charge is 0.465 e. The summed E-state index contributed by atoms with van der Waals surface area (Å²) in [6.45, 7) is 23.5. The van der Waals surface area contributed by atoms with E-state index in [2.05, 4.69) is 185 Å². The molecule has 6 aromatic rings. The van der Waals surface area contributed by atoms with Crippen molar-refractivity contribution in [1.82, 2.24) is 29.1 Å². The van der Waals surface area contributed by atoms with Crippen LogP contribution in [0.4, 0.5) is 11.6 Å². The first-order valence-corrected chi connectivity index (χ1v) is 29.9. The lowest BCUT2D eigenvalue weighted by molar-refractivity contribution is -0.145. The molecular weight excluding hydrogens is 1090 g/mol. The molecule has 0 aliphatic carbocycles. The number of fused-ring (bicyclic) bond motifs is 2. The van der Waals surface area contributed by atoms with Crippen LogP contribution in [0.1, 0.15) is 142 Å². The number of carbonyl (C=O) groups is 1. The van der Waals surface area contributed by atoms with Gasteiger partial charge in [-0.2, -0.15) is 0 Å². The second-order valence-electron chi connectivity index (χ2n) is 21.4. The summed E-state index contributed by atoms with van der Waals surface area (Å²) in [6, 6.07) is 8.61. The first kappa shape index (κ1) is 59.3. The summed E-state index contributed by atoms with van der Waals surface area (Å²) in [5.74, 6) is 4.32. The summed E-state index contributed by atoms with van der Waals surface area (Å²) in [4.78, 5) is 36.7. The summed E-state index contributed by atoms with van der Waals surface area (Å²) in [7, 11) is 0. The standard InChI is InChI=1S/C42H57BrN4O2.C22H27BrN4O/c1-6-7-8-9-10-11-12-13-14-15-16-17-18-19-20-21-22-23-38(48)49-31-36-24-26-46(27-25-36)41-39-34(4)30-47(42(39)45-35(5)44-41)40-32(2)28-37(43)29-33(40)3;1-13-9-18(23)10-14(2)20(13)27-11-15(3)19-21(24-16(4)25-22(19)27)26-7-5-17(12-28)6-8-26/h10-11,13-14,16-17,19-20,28-30,36H,6-9,12,15,18,21-27,31H2,1-5H3;9-11,17,28H,5-8,12H2,1-4H3/b11-10-,14-13-,17-16-,20-19-;. The van der Waals surface area contributed by atoms with Crippen molar-refractivity contribution < 1.29 is 14.6 Å². The van der Waals surface area contributed by atoms with Crippen molar-refractivity contribution in [3.8, 4) is 11.4 Å². The molecule has 4 aromatic heterocycles. The first-order chi connectivity index (χ1) is 37.2. The Morgan fingerprint density at radius 1 is 0.571 bits per heavy atom. The number of allylic oxidation sites excluding steroid dienone is 8. The van der Waals surface area contributed by atoms with Gasteiger partial charge in [0.1, 0.15) is 23.3 Å². The van der Waals surface area contributed by atoms with Gasteiger partial charge in [-0.3, -0.25) is 4.79 Å². The predicted octanol–water partition coefficient (Wildman–Crippen LogP) is 15.9. The van der Waals surface area contributed by atoms with Gasteiger partial charge in [0, 0.05) is 60.5 Å². The summed E-state index contributed by atoms with van der Waals surface area (Å²) in [6.07, 6.45) is 36.4. The van der Waals surface area contributed by atoms with Crippen molar-refractivity contribution in [2.24, 2.45) is 11.8 Å². The number of aromatic nitrogens is 6. The Morgan fingerprint density at radius 3 is 1.39 bits per heavy atom. The van der Waals surface area contributed by atoms with Gasteiger partial charge < -0.3 is 28.8 Å². The van der Waals surface area contributed by atoms with Crippen molar-refractivity contribution in [1.29, 1.82) is 0 Å². The molecule has 412 valence electrons. The number of piperidine rings is 2. The van der Waals surface area contributed by atoms with Gasteiger partial charge >= 0.3 is 5.97 Å². The third-order valence-corrected chi connectivity index (χ3v) is 15.9. The average molecular weight is 1170 g/mol. The molecule has 0 amide bonds. The Balaban J connectivity index is 0.000000258. The molecular formula is C64H84Br2N8O3. The molecule has 0 bridgehead atoms. The second-order valence-corrected chi connectivity index (χ2v) is 23.3. The number of aliphatic hydroxyl groups is 1. The highest BCUT2D eigenvalue weighted by atomic mass is 79.9. The van der Waals surface area contributed by atoms with Gasteiger partial charge in [-0.15, -0.1) is 0 Å². The molecule has 2 aliphatic rings. The number of esters is 1. The van der Waals surface area contributed by atoms with Gasteiger partial charge in [-0.05, 0) is 196 Å². The van der Waals surface area contributed by atoms with E-state index in [1.54, 1.807) is 0 Å². The third kappa shape index (κ3) is 15.9. The lowest BCUT2D eigenvalue weighted by atomic mass is 9.97. The monoisotopic (exact) mass is 1170 g/mol. The number of anilines is 2. The van der Waals surface area contributed by atoms with E-state index in [1.807, 2.05) is 13.8 Å². The van der Waals surface area contributed by atoms with Gasteiger partial charge in [0.25, 0.3) is 0 Å². The van der Waals surface area contributed by atoms with Crippen molar-refractivity contribution in [2.45, 2.75) is 152 Å². The number of unbranched alkanes of at least 4 members (excludes halogenated alkanes) is 4. The van der Waals surface area contributed by atoms with Crippen LogP contribution in [0.15, 0.2) is 94.2 Å². The number of carbonyl (C=O) groups excluding carboxylic acids is 1. The predicted molar refractivity (Wildman–Crippen MR) is 327 cm³/mol. The van der Waals surface area contributed by atoms with Gasteiger partial charge in [0.15, 0.2) is 11.3 Å². The molecule has 2 aliphatic heterocycles. The van der Waals surface area contributed by atoms with Crippen LogP contribution in [0.3, 0.4) is 0 Å². The third-order valence-electron chi connectivity index (χ3n) is 15.0. The van der Waals surface area contributed by atoms with E-state index in [9.17, 15) is 9.90 Å². The van der Waals surface area contributed by atoms with E-state index in [4.69, 9.17) is 24.7 Å². The molecule has 6 heterocycles. The molecule has 8 rings (SSSR count). The number of rotatable bonds is 21. The molecule has 1 N–H and O–H groups in total. The number of hydrogen-bond acceptors (Lipinski definition) is 9. The van der Waals surface area contributed by atoms with Gasteiger partial charge in [-0.1, -0.05) is 100 Å². The van der Waals surface area contributed by atoms with Crippen LogP contribution in [0.25, 0.3) is 33.4 Å². The Hall–Kier alpha value is -5.37. The zero-order valence-corrected chi connectivity index (χ0v) is 50.6. The molecule has 0 radical (unpaired) electrons. The van der Waals surface area contributed by atoms with Crippen LogP contribution in [0, 0.1) is 67.2 Å². The minimum atomic E-state index is -0.0815. The number of aryl methyl sites for hydroxylation is 8. The summed E-state index contributed by atoms with van der Waals surface area (Å²) < 4.78 is 12.3. The highest BCUT2D eigenvalue weighted by molar-refractivity contribution is 9.10. The van der Waals surface area contributed by atoms with Crippen molar-refractivity contribution in [3.63, 3.8) is 0 Å². The minimum Gasteiger partial charge on any atom is -0.465 e. The highest BCUT2D eigenvalue weighted by Gasteiger charge is 2.27. The molecule has 0 unspecified atom stereocenters. The van der Waals surface area contributed by atoms with E-state index in [0.29, 0.717) is 24.9 Å². The molecule has 77 heavy (non-hydrogen) atoms. The summed E-state index contributed by atoms with van der Waals surface area (Å²) in [5, 5.41) is 11.7. The topological polar surface area (TPSA) is 114 Å². The molecule has 2 aromatic carbocycles. The molecule has 0 saturated carbocycles. The number of halogens is 2. The van der Waals surface area contributed by atoms with E-state index in [-0.39, 0.29) is 12.6 Å². The van der Waals surface area contributed by atoms with E-state index in [0.717, 1.165) is 138 Å². The second kappa shape index (κ2) is 29.0. The van der Waals surface area contributed by atoms with Crippen molar-refractivity contribution in [3.05, 3.63) is 139 Å². The van der Waals surface area contributed by atoms with Crippen LogP contribution in [-0.2, 0) is 9.53 Å². The van der Waals surface area contributed by atoms with Crippen molar-refractivity contribution >= 4 is 71.5 Å². The number of nitrogens with zero attached hydrogens (tertiary/aromatic N) is 8. The van der Waals surface area contributed by atoms with Crippen LogP contribution in [0.5, 0.6) is 0 Å². The number of benzene rings is 2. The van der Waals surface area contributed by atoms with Gasteiger partial charge in [-0.25, -0.2) is 19.9 Å².